The van der Waals surface area contributed by atoms with Gasteiger partial charge in [-0.25, -0.2) is 0 Å². The molecule has 4 nitrogen and oxygen atoms in total. The second kappa shape index (κ2) is 6.30. The highest BCUT2D eigenvalue weighted by Gasteiger charge is 2.52. The fraction of sp³-hybridized carbons (Fsp3) is 0.625. The second-order valence-corrected chi connectivity index (χ2v) is 5.82. The molecule has 0 aliphatic carbocycles. The van der Waals surface area contributed by atoms with Crippen LogP contribution in [0.1, 0.15) is 31.7 Å². The Hall–Kier alpha value is -1.31. The van der Waals surface area contributed by atoms with Gasteiger partial charge in [-0.05, 0) is 43.9 Å². The van der Waals surface area contributed by atoms with E-state index in [1.54, 1.807) is 12.1 Å². The summed E-state index contributed by atoms with van der Waals surface area (Å²) in [6.07, 6.45) is -2.23. The average molecular weight is 332 g/mol. The largest absolute Gasteiger partial charge is 0.573 e. The van der Waals surface area contributed by atoms with E-state index in [9.17, 15) is 13.2 Å². The van der Waals surface area contributed by atoms with Gasteiger partial charge < -0.3 is 18.9 Å². The Morgan fingerprint density at radius 2 is 1.91 bits per heavy atom. The van der Waals surface area contributed by atoms with E-state index in [0.717, 1.165) is 24.8 Å². The van der Waals surface area contributed by atoms with E-state index in [4.69, 9.17) is 14.2 Å². The van der Waals surface area contributed by atoms with Gasteiger partial charge in [0.1, 0.15) is 11.4 Å². The van der Waals surface area contributed by atoms with Crippen LogP contribution in [0.25, 0.3) is 0 Å². The summed E-state index contributed by atoms with van der Waals surface area (Å²) in [6, 6.07) is 5.73. The van der Waals surface area contributed by atoms with Gasteiger partial charge in [0, 0.05) is 6.61 Å². The molecule has 2 aliphatic heterocycles. The van der Waals surface area contributed by atoms with Crippen molar-refractivity contribution in [2.75, 3.05) is 13.2 Å². The molecule has 1 aromatic carbocycles. The molecule has 3 atom stereocenters. The van der Waals surface area contributed by atoms with Crippen molar-refractivity contribution in [2.45, 2.75) is 50.5 Å². The third kappa shape index (κ3) is 3.97. The van der Waals surface area contributed by atoms with Gasteiger partial charge >= 0.3 is 6.36 Å². The Morgan fingerprint density at radius 1 is 1.22 bits per heavy atom. The molecule has 7 heteroatoms. The third-order valence-corrected chi connectivity index (χ3v) is 4.18. The Bertz CT molecular complexity index is 519. The van der Waals surface area contributed by atoms with Crippen LogP contribution in [-0.2, 0) is 19.8 Å². The van der Waals surface area contributed by atoms with Crippen molar-refractivity contribution >= 4 is 0 Å². The third-order valence-electron chi connectivity index (χ3n) is 4.18. The average Bonchev–Trinajstić information content (AvgIpc) is 3.29. The van der Waals surface area contributed by atoms with Gasteiger partial charge in [-0.2, -0.15) is 0 Å². The van der Waals surface area contributed by atoms with E-state index in [1.807, 2.05) is 6.92 Å². The maximum atomic E-state index is 12.2. The van der Waals surface area contributed by atoms with E-state index in [-0.39, 0.29) is 18.1 Å². The summed E-state index contributed by atoms with van der Waals surface area (Å²) in [5, 5.41) is 0. The molecular formula is C16H19F3O4. The summed E-state index contributed by atoms with van der Waals surface area (Å²) in [4.78, 5) is 0. The van der Waals surface area contributed by atoms with E-state index >= 15 is 0 Å². The lowest BCUT2D eigenvalue weighted by atomic mass is 9.94. The van der Waals surface area contributed by atoms with Crippen LogP contribution in [0.3, 0.4) is 0 Å². The number of rotatable bonds is 5. The topological polar surface area (TPSA) is 40.2 Å². The van der Waals surface area contributed by atoms with Crippen LogP contribution in [0.2, 0.25) is 0 Å². The van der Waals surface area contributed by atoms with Crippen LogP contribution >= 0.6 is 0 Å². The molecule has 0 bridgehead atoms. The lowest BCUT2D eigenvalue weighted by Crippen LogP contribution is -2.34. The lowest BCUT2D eigenvalue weighted by molar-refractivity contribution is -0.274. The van der Waals surface area contributed by atoms with Crippen LogP contribution in [0.4, 0.5) is 13.2 Å². The SMILES string of the molecule is C[C@@H](OC1CCCCO1)[C@@]1(c2ccc(OC(F)(F)F)cc2)CO1. The number of hydrogen-bond acceptors (Lipinski definition) is 4. The highest BCUT2D eigenvalue weighted by atomic mass is 19.4. The summed E-state index contributed by atoms with van der Waals surface area (Å²) < 4.78 is 57.5. The first-order valence-electron chi connectivity index (χ1n) is 7.66. The normalized spacial score (nSPS) is 29.1. The van der Waals surface area contributed by atoms with Gasteiger partial charge in [0.25, 0.3) is 0 Å². The Balaban J connectivity index is 1.65. The van der Waals surface area contributed by atoms with Crippen molar-refractivity contribution in [2.24, 2.45) is 0 Å². The minimum Gasteiger partial charge on any atom is -0.406 e. The molecule has 23 heavy (non-hydrogen) atoms. The zero-order chi connectivity index (χ0) is 16.5. The predicted octanol–water partition coefficient (Wildman–Crippen LogP) is 3.74. The van der Waals surface area contributed by atoms with E-state index in [2.05, 4.69) is 4.74 Å². The summed E-state index contributed by atoms with van der Waals surface area (Å²) in [5.74, 6) is -0.249. The first kappa shape index (κ1) is 16.5. The highest BCUT2D eigenvalue weighted by molar-refractivity contribution is 5.34. The molecule has 1 unspecified atom stereocenters. The van der Waals surface area contributed by atoms with Gasteiger partial charge in [0.05, 0.1) is 12.7 Å². The Labute approximate surface area is 132 Å². The first-order chi connectivity index (χ1) is 10.9. The minimum atomic E-state index is -4.69. The highest BCUT2D eigenvalue weighted by Crippen LogP contribution is 2.44. The molecule has 0 radical (unpaired) electrons. The van der Waals surface area contributed by atoms with Crippen molar-refractivity contribution in [3.05, 3.63) is 29.8 Å². The number of alkyl halides is 3. The fourth-order valence-corrected chi connectivity index (χ4v) is 2.81. The summed E-state index contributed by atoms with van der Waals surface area (Å²) in [5.41, 5.74) is 0.160. The van der Waals surface area contributed by atoms with Gasteiger partial charge in [0.2, 0.25) is 0 Å². The first-order valence-corrected chi connectivity index (χ1v) is 7.66. The van der Waals surface area contributed by atoms with Gasteiger partial charge in [-0.1, -0.05) is 12.1 Å². The van der Waals surface area contributed by atoms with Gasteiger partial charge in [-0.3, -0.25) is 0 Å². The lowest BCUT2D eigenvalue weighted by Gasteiger charge is -2.29. The molecule has 3 rings (SSSR count). The number of benzene rings is 1. The molecular weight excluding hydrogens is 313 g/mol. The molecule has 0 amide bonds. The monoisotopic (exact) mass is 332 g/mol. The fourth-order valence-electron chi connectivity index (χ4n) is 2.81. The number of epoxide rings is 1. The van der Waals surface area contributed by atoms with Crippen molar-refractivity contribution < 1.29 is 32.1 Å². The summed E-state index contributed by atoms with van der Waals surface area (Å²) in [7, 11) is 0. The molecule has 2 aliphatic rings. The van der Waals surface area contributed by atoms with E-state index in [0.29, 0.717) is 13.2 Å². The maximum absolute atomic E-state index is 12.2. The van der Waals surface area contributed by atoms with Crippen LogP contribution in [0, 0.1) is 0 Å². The quantitative estimate of drug-likeness (QED) is 0.770. The molecule has 0 aromatic heterocycles. The van der Waals surface area contributed by atoms with Crippen LogP contribution < -0.4 is 4.74 Å². The predicted molar refractivity (Wildman–Crippen MR) is 74.9 cm³/mol. The second-order valence-electron chi connectivity index (χ2n) is 5.82. The van der Waals surface area contributed by atoms with E-state index < -0.39 is 12.0 Å². The Morgan fingerprint density at radius 3 is 2.43 bits per heavy atom. The molecule has 0 N–H and O–H groups in total. The van der Waals surface area contributed by atoms with E-state index in [1.165, 1.54) is 12.1 Å². The number of hydrogen-bond donors (Lipinski definition) is 0. The smallest absolute Gasteiger partial charge is 0.406 e. The number of halogens is 3. The maximum Gasteiger partial charge on any atom is 0.573 e. The number of ether oxygens (including phenoxy) is 4. The summed E-state index contributed by atoms with van der Waals surface area (Å²) in [6.45, 7) is 3.06. The molecule has 0 saturated carbocycles. The molecule has 2 saturated heterocycles. The van der Waals surface area contributed by atoms with Crippen molar-refractivity contribution in [3.8, 4) is 5.75 Å². The molecule has 1 aromatic rings. The van der Waals surface area contributed by atoms with Crippen molar-refractivity contribution in [1.82, 2.24) is 0 Å². The Kier molecular flexibility index (Phi) is 4.53. The van der Waals surface area contributed by atoms with Crippen LogP contribution in [0.15, 0.2) is 24.3 Å². The molecule has 0 spiro atoms. The van der Waals surface area contributed by atoms with Crippen molar-refractivity contribution in [1.29, 1.82) is 0 Å². The van der Waals surface area contributed by atoms with Gasteiger partial charge in [0.15, 0.2) is 6.29 Å². The van der Waals surface area contributed by atoms with Crippen molar-refractivity contribution in [3.63, 3.8) is 0 Å². The zero-order valence-electron chi connectivity index (χ0n) is 12.8. The van der Waals surface area contributed by atoms with Gasteiger partial charge in [-0.15, -0.1) is 13.2 Å². The minimum absolute atomic E-state index is 0.243. The molecule has 2 heterocycles. The standard InChI is InChI=1S/C16H19F3O4/c1-11(22-14-4-2-3-9-20-14)15(10-21-15)12-5-7-13(8-6-12)23-16(17,18)19/h5-8,11,14H,2-4,9-10H2,1H3/t11-,14?,15-/m1/s1. The molecule has 128 valence electrons. The summed E-state index contributed by atoms with van der Waals surface area (Å²) >= 11 is 0. The zero-order valence-corrected chi connectivity index (χ0v) is 12.8. The van der Waals surface area contributed by atoms with Crippen LogP contribution in [-0.4, -0.2) is 32.0 Å². The molecule has 2 fully saturated rings. The van der Waals surface area contributed by atoms with Crippen LogP contribution in [0.5, 0.6) is 5.75 Å².